The predicted molar refractivity (Wildman–Crippen MR) is 76.1 cm³/mol. The summed E-state index contributed by atoms with van der Waals surface area (Å²) in [6.45, 7) is 5.15. The summed E-state index contributed by atoms with van der Waals surface area (Å²) >= 11 is 0. The summed E-state index contributed by atoms with van der Waals surface area (Å²) < 4.78 is 5.44. The summed E-state index contributed by atoms with van der Waals surface area (Å²) in [5.74, 6) is 1.41. The summed E-state index contributed by atoms with van der Waals surface area (Å²) in [6.07, 6.45) is 1.50. The minimum atomic E-state index is 0.593. The van der Waals surface area contributed by atoms with Crippen LogP contribution in [0.3, 0.4) is 0 Å². The van der Waals surface area contributed by atoms with Crippen molar-refractivity contribution >= 4 is 11.5 Å². The van der Waals surface area contributed by atoms with E-state index in [0.717, 1.165) is 22.6 Å². The smallest absolute Gasteiger partial charge is 0.221 e. The Labute approximate surface area is 112 Å². The van der Waals surface area contributed by atoms with Crippen LogP contribution in [0.2, 0.25) is 0 Å². The van der Waals surface area contributed by atoms with Crippen molar-refractivity contribution in [1.82, 2.24) is 9.97 Å². The molecule has 0 spiro atoms. The van der Waals surface area contributed by atoms with E-state index in [1.807, 2.05) is 38.1 Å². The molecule has 0 amide bonds. The SMILES string of the molecule is CCOc1ncnc(NCc2ccc(N)cc2)c1C. The fraction of sp³-hybridized carbons (Fsp3) is 0.286. The third-order valence-electron chi connectivity index (χ3n) is 2.76. The lowest BCUT2D eigenvalue weighted by atomic mass is 10.2. The molecule has 0 saturated heterocycles. The maximum atomic E-state index is 5.65. The van der Waals surface area contributed by atoms with Crippen LogP contribution in [0.25, 0.3) is 0 Å². The first-order valence-electron chi connectivity index (χ1n) is 6.23. The van der Waals surface area contributed by atoms with Crippen molar-refractivity contribution in [2.75, 3.05) is 17.7 Å². The van der Waals surface area contributed by atoms with E-state index >= 15 is 0 Å². The number of nitrogen functional groups attached to an aromatic ring is 1. The van der Waals surface area contributed by atoms with E-state index in [0.29, 0.717) is 19.0 Å². The molecular weight excluding hydrogens is 240 g/mol. The number of rotatable bonds is 5. The number of aromatic nitrogens is 2. The lowest BCUT2D eigenvalue weighted by Crippen LogP contribution is -2.06. The summed E-state index contributed by atoms with van der Waals surface area (Å²) in [4.78, 5) is 8.33. The van der Waals surface area contributed by atoms with Gasteiger partial charge in [0.15, 0.2) is 0 Å². The molecule has 1 aromatic heterocycles. The minimum absolute atomic E-state index is 0.593. The average molecular weight is 258 g/mol. The monoisotopic (exact) mass is 258 g/mol. The summed E-state index contributed by atoms with van der Waals surface area (Å²) in [5, 5.41) is 3.28. The number of nitrogens with one attached hydrogen (secondary N) is 1. The molecule has 1 aromatic carbocycles. The highest BCUT2D eigenvalue weighted by Gasteiger charge is 2.07. The van der Waals surface area contributed by atoms with Gasteiger partial charge in [-0.25, -0.2) is 9.97 Å². The van der Waals surface area contributed by atoms with E-state index in [9.17, 15) is 0 Å². The van der Waals surface area contributed by atoms with E-state index in [2.05, 4.69) is 15.3 Å². The lowest BCUT2D eigenvalue weighted by molar-refractivity contribution is 0.324. The first-order valence-corrected chi connectivity index (χ1v) is 6.23. The van der Waals surface area contributed by atoms with E-state index in [-0.39, 0.29) is 0 Å². The number of nitrogens with two attached hydrogens (primary N) is 1. The Kier molecular flexibility index (Phi) is 4.18. The Hall–Kier alpha value is -2.30. The van der Waals surface area contributed by atoms with Gasteiger partial charge in [0.05, 0.1) is 12.2 Å². The Balaban J connectivity index is 2.07. The van der Waals surface area contributed by atoms with Crippen LogP contribution in [0.1, 0.15) is 18.1 Å². The average Bonchev–Trinajstić information content (AvgIpc) is 2.42. The molecular formula is C14H18N4O. The largest absolute Gasteiger partial charge is 0.478 e. The van der Waals surface area contributed by atoms with E-state index in [1.165, 1.54) is 6.33 Å². The summed E-state index contributed by atoms with van der Waals surface area (Å²) in [7, 11) is 0. The molecule has 1 heterocycles. The van der Waals surface area contributed by atoms with Gasteiger partial charge in [0, 0.05) is 12.2 Å². The first kappa shape index (κ1) is 13.1. The van der Waals surface area contributed by atoms with Gasteiger partial charge in [0.25, 0.3) is 0 Å². The van der Waals surface area contributed by atoms with Gasteiger partial charge in [-0.15, -0.1) is 0 Å². The highest BCUT2D eigenvalue weighted by atomic mass is 16.5. The molecule has 5 nitrogen and oxygen atoms in total. The molecule has 19 heavy (non-hydrogen) atoms. The highest BCUT2D eigenvalue weighted by molar-refractivity contribution is 5.48. The number of ether oxygens (including phenoxy) is 1. The van der Waals surface area contributed by atoms with Crippen LogP contribution >= 0.6 is 0 Å². The standard InChI is InChI=1S/C14H18N4O/c1-3-19-14-10(2)13(17-9-18-14)16-8-11-4-6-12(15)7-5-11/h4-7,9H,3,8,15H2,1-2H3,(H,16,17,18). The zero-order valence-electron chi connectivity index (χ0n) is 11.2. The zero-order chi connectivity index (χ0) is 13.7. The third-order valence-corrected chi connectivity index (χ3v) is 2.76. The zero-order valence-corrected chi connectivity index (χ0v) is 11.2. The molecule has 0 aliphatic heterocycles. The number of hydrogen-bond acceptors (Lipinski definition) is 5. The molecule has 0 unspecified atom stereocenters. The van der Waals surface area contributed by atoms with Crippen LogP contribution in [0, 0.1) is 6.92 Å². The Morgan fingerprint density at radius 1 is 1.21 bits per heavy atom. The van der Waals surface area contributed by atoms with Gasteiger partial charge in [-0.2, -0.15) is 0 Å². The fourth-order valence-corrected chi connectivity index (χ4v) is 1.72. The molecule has 0 aliphatic rings. The number of hydrogen-bond donors (Lipinski definition) is 2. The van der Waals surface area contributed by atoms with Gasteiger partial charge < -0.3 is 15.8 Å². The molecule has 0 saturated carbocycles. The van der Waals surface area contributed by atoms with Gasteiger partial charge in [-0.3, -0.25) is 0 Å². The molecule has 0 radical (unpaired) electrons. The molecule has 0 fully saturated rings. The van der Waals surface area contributed by atoms with E-state index < -0.39 is 0 Å². The van der Waals surface area contributed by atoms with Gasteiger partial charge in [-0.1, -0.05) is 12.1 Å². The lowest BCUT2D eigenvalue weighted by Gasteiger charge is -2.11. The Morgan fingerprint density at radius 3 is 2.63 bits per heavy atom. The van der Waals surface area contributed by atoms with Crippen LogP contribution in [0.4, 0.5) is 11.5 Å². The fourth-order valence-electron chi connectivity index (χ4n) is 1.72. The third kappa shape index (κ3) is 3.34. The maximum Gasteiger partial charge on any atom is 0.221 e. The molecule has 2 rings (SSSR count). The second kappa shape index (κ2) is 6.04. The van der Waals surface area contributed by atoms with Crippen LogP contribution in [-0.2, 0) is 6.54 Å². The second-order valence-corrected chi connectivity index (χ2v) is 4.18. The van der Waals surface area contributed by atoms with Crippen molar-refractivity contribution in [3.05, 3.63) is 41.7 Å². The first-order chi connectivity index (χ1) is 9.20. The molecule has 100 valence electrons. The van der Waals surface area contributed by atoms with Crippen molar-refractivity contribution in [2.45, 2.75) is 20.4 Å². The van der Waals surface area contributed by atoms with Crippen LogP contribution in [-0.4, -0.2) is 16.6 Å². The summed E-state index contributed by atoms with van der Waals surface area (Å²) in [5.41, 5.74) is 8.48. The highest BCUT2D eigenvalue weighted by Crippen LogP contribution is 2.20. The van der Waals surface area contributed by atoms with Crippen molar-refractivity contribution in [1.29, 1.82) is 0 Å². The predicted octanol–water partition coefficient (Wildman–Crippen LogP) is 2.38. The minimum Gasteiger partial charge on any atom is -0.478 e. The molecule has 3 N–H and O–H groups in total. The molecule has 0 atom stereocenters. The van der Waals surface area contributed by atoms with Gasteiger partial charge >= 0.3 is 0 Å². The van der Waals surface area contributed by atoms with Crippen molar-refractivity contribution in [3.8, 4) is 5.88 Å². The molecule has 0 bridgehead atoms. The van der Waals surface area contributed by atoms with Crippen LogP contribution in [0.15, 0.2) is 30.6 Å². The topological polar surface area (TPSA) is 73.1 Å². The van der Waals surface area contributed by atoms with Crippen molar-refractivity contribution in [3.63, 3.8) is 0 Å². The molecule has 5 heteroatoms. The van der Waals surface area contributed by atoms with Crippen molar-refractivity contribution < 1.29 is 4.74 Å². The quantitative estimate of drug-likeness (QED) is 0.805. The summed E-state index contributed by atoms with van der Waals surface area (Å²) in [6, 6.07) is 7.75. The Morgan fingerprint density at radius 2 is 1.95 bits per heavy atom. The number of anilines is 2. The van der Waals surface area contributed by atoms with E-state index in [4.69, 9.17) is 10.5 Å². The van der Waals surface area contributed by atoms with Gasteiger partial charge in [0.2, 0.25) is 5.88 Å². The maximum absolute atomic E-state index is 5.65. The van der Waals surface area contributed by atoms with Gasteiger partial charge in [0.1, 0.15) is 12.1 Å². The second-order valence-electron chi connectivity index (χ2n) is 4.18. The molecule has 2 aromatic rings. The van der Waals surface area contributed by atoms with Crippen molar-refractivity contribution in [2.24, 2.45) is 0 Å². The van der Waals surface area contributed by atoms with Crippen LogP contribution in [0.5, 0.6) is 5.88 Å². The molecule has 0 aliphatic carbocycles. The van der Waals surface area contributed by atoms with E-state index in [1.54, 1.807) is 0 Å². The number of benzene rings is 1. The Bertz CT molecular complexity index is 540. The van der Waals surface area contributed by atoms with Gasteiger partial charge in [-0.05, 0) is 31.5 Å². The normalized spacial score (nSPS) is 10.2. The number of nitrogens with zero attached hydrogens (tertiary/aromatic N) is 2. The van der Waals surface area contributed by atoms with Crippen LogP contribution < -0.4 is 15.8 Å².